The van der Waals surface area contributed by atoms with Crippen LogP contribution in [0.15, 0.2) is 6.20 Å². The maximum Gasteiger partial charge on any atom is 0.339 e. The van der Waals surface area contributed by atoms with E-state index in [0.29, 0.717) is 23.5 Å². The SMILES string of the molecule is Cc1nc(NCC(C)C(C)C)ncc1C(=O)O. The topological polar surface area (TPSA) is 75.1 Å². The average Bonchev–Trinajstić information content (AvgIpc) is 2.25. The third kappa shape index (κ3) is 3.69. The summed E-state index contributed by atoms with van der Waals surface area (Å²) in [6.45, 7) is 8.92. The summed E-state index contributed by atoms with van der Waals surface area (Å²) in [5.74, 6) is 0.588. The summed E-state index contributed by atoms with van der Waals surface area (Å²) in [6.07, 6.45) is 1.34. The van der Waals surface area contributed by atoms with Gasteiger partial charge in [0.15, 0.2) is 0 Å². The van der Waals surface area contributed by atoms with Crippen LogP contribution < -0.4 is 5.32 Å². The lowest BCUT2D eigenvalue weighted by Gasteiger charge is -2.16. The van der Waals surface area contributed by atoms with Crippen LogP contribution in [-0.4, -0.2) is 27.6 Å². The molecule has 0 bridgehead atoms. The molecule has 0 fully saturated rings. The molecule has 2 N–H and O–H groups in total. The minimum Gasteiger partial charge on any atom is -0.478 e. The summed E-state index contributed by atoms with van der Waals surface area (Å²) in [6, 6.07) is 0. The number of aryl methyl sites for hydroxylation is 1. The molecule has 1 rings (SSSR count). The monoisotopic (exact) mass is 237 g/mol. The van der Waals surface area contributed by atoms with Crippen molar-refractivity contribution >= 4 is 11.9 Å². The number of aromatic nitrogens is 2. The number of carboxylic acid groups (broad SMARTS) is 1. The molecule has 0 saturated heterocycles. The molecular formula is C12H19N3O2. The lowest BCUT2D eigenvalue weighted by atomic mass is 9.98. The highest BCUT2D eigenvalue weighted by Crippen LogP contribution is 2.11. The molecule has 1 heterocycles. The van der Waals surface area contributed by atoms with E-state index in [1.54, 1.807) is 6.92 Å². The molecule has 1 aromatic heterocycles. The Labute approximate surface area is 101 Å². The van der Waals surface area contributed by atoms with Crippen LogP contribution in [-0.2, 0) is 0 Å². The van der Waals surface area contributed by atoms with Crippen molar-refractivity contribution in [3.8, 4) is 0 Å². The van der Waals surface area contributed by atoms with Gasteiger partial charge in [-0.1, -0.05) is 20.8 Å². The van der Waals surface area contributed by atoms with Crippen molar-refractivity contribution in [3.63, 3.8) is 0 Å². The maximum absolute atomic E-state index is 10.8. The standard InChI is InChI=1S/C12H19N3O2/c1-7(2)8(3)5-13-12-14-6-10(11(16)17)9(4)15-12/h6-8H,5H2,1-4H3,(H,16,17)(H,13,14,15). The van der Waals surface area contributed by atoms with Gasteiger partial charge in [0.05, 0.1) is 11.3 Å². The summed E-state index contributed by atoms with van der Waals surface area (Å²) >= 11 is 0. The number of nitrogens with one attached hydrogen (secondary N) is 1. The van der Waals surface area contributed by atoms with Gasteiger partial charge >= 0.3 is 5.97 Å². The summed E-state index contributed by atoms with van der Waals surface area (Å²) < 4.78 is 0. The van der Waals surface area contributed by atoms with Crippen molar-refractivity contribution < 1.29 is 9.90 Å². The molecule has 94 valence electrons. The number of rotatable bonds is 5. The Bertz CT molecular complexity index is 405. The zero-order valence-corrected chi connectivity index (χ0v) is 10.7. The molecule has 0 spiro atoms. The summed E-state index contributed by atoms with van der Waals surface area (Å²) in [7, 11) is 0. The third-order valence-corrected chi connectivity index (χ3v) is 2.93. The largest absolute Gasteiger partial charge is 0.478 e. The highest BCUT2D eigenvalue weighted by molar-refractivity contribution is 5.88. The molecule has 0 aliphatic rings. The van der Waals surface area contributed by atoms with Gasteiger partial charge in [-0.3, -0.25) is 0 Å². The van der Waals surface area contributed by atoms with Gasteiger partial charge in [-0.15, -0.1) is 0 Å². The molecule has 0 radical (unpaired) electrons. The molecule has 5 nitrogen and oxygen atoms in total. The minimum atomic E-state index is -0.996. The smallest absolute Gasteiger partial charge is 0.339 e. The van der Waals surface area contributed by atoms with Gasteiger partial charge in [0.2, 0.25) is 5.95 Å². The predicted molar refractivity (Wildman–Crippen MR) is 66.2 cm³/mol. The first kappa shape index (κ1) is 13.4. The lowest BCUT2D eigenvalue weighted by Crippen LogP contribution is -2.18. The Balaban J connectivity index is 2.68. The van der Waals surface area contributed by atoms with E-state index >= 15 is 0 Å². The number of nitrogens with zero attached hydrogens (tertiary/aromatic N) is 2. The van der Waals surface area contributed by atoms with E-state index in [1.807, 2.05) is 0 Å². The van der Waals surface area contributed by atoms with E-state index in [-0.39, 0.29) is 5.56 Å². The highest BCUT2D eigenvalue weighted by atomic mass is 16.4. The van der Waals surface area contributed by atoms with Gasteiger partial charge in [-0.2, -0.15) is 0 Å². The number of hydrogen-bond acceptors (Lipinski definition) is 4. The Morgan fingerprint density at radius 1 is 1.47 bits per heavy atom. The van der Waals surface area contributed by atoms with Crippen molar-refractivity contribution in [2.45, 2.75) is 27.7 Å². The van der Waals surface area contributed by atoms with Gasteiger partial charge in [0.25, 0.3) is 0 Å². The summed E-state index contributed by atoms with van der Waals surface area (Å²) in [4.78, 5) is 18.9. The minimum absolute atomic E-state index is 0.146. The molecule has 0 saturated carbocycles. The predicted octanol–water partition coefficient (Wildman–Crippen LogP) is 2.19. The van der Waals surface area contributed by atoms with Gasteiger partial charge in [-0.05, 0) is 18.8 Å². The van der Waals surface area contributed by atoms with Crippen LogP contribution in [0.2, 0.25) is 0 Å². The van der Waals surface area contributed by atoms with Crippen LogP contribution in [0.5, 0.6) is 0 Å². The second kappa shape index (κ2) is 5.61. The van der Waals surface area contributed by atoms with Crippen molar-refractivity contribution in [3.05, 3.63) is 17.5 Å². The van der Waals surface area contributed by atoms with Crippen molar-refractivity contribution in [2.24, 2.45) is 11.8 Å². The molecule has 0 aliphatic heterocycles. The average molecular weight is 237 g/mol. The van der Waals surface area contributed by atoms with Crippen molar-refractivity contribution in [2.75, 3.05) is 11.9 Å². The first-order valence-corrected chi connectivity index (χ1v) is 5.72. The Morgan fingerprint density at radius 2 is 2.12 bits per heavy atom. The first-order chi connectivity index (χ1) is 7.91. The summed E-state index contributed by atoms with van der Waals surface area (Å²) in [5.41, 5.74) is 0.625. The van der Waals surface area contributed by atoms with Crippen molar-refractivity contribution in [1.82, 2.24) is 9.97 Å². The molecule has 0 amide bonds. The molecule has 0 aromatic carbocycles. The lowest BCUT2D eigenvalue weighted by molar-refractivity contribution is 0.0695. The number of hydrogen-bond donors (Lipinski definition) is 2. The van der Waals surface area contributed by atoms with Crippen LogP contribution in [0.3, 0.4) is 0 Å². The zero-order valence-electron chi connectivity index (χ0n) is 10.7. The van der Waals surface area contributed by atoms with Gasteiger partial charge in [0.1, 0.15) is 0 Å². The van der Waals surface area contributed by atoms with Gasteiger partial charge < -0.3 is 10.4 Å². The third-order valence-electron chi connectivity index (χ3n) is 2.93. The molecule has 1 atom stereocenters. The number of carboxylic acids is 1. The molecular weight excluding hydrogens is 218 g/mol. The quantitative estimate of drug-likeness (QED) is 0.821. The first-order valence-electron chi connectivity index (χ1n) is 5.72. The fourth-order valence-electron chi connectivity index (χ4n) is 1.25. The molecule has 0 aliphatic carbocycles. The van der Waals surface area contributed by atoms with Crippen LogP contribution in [0.1, 0.15) is 36.8 Å². The van der Waals surface area contributed by atoms with Crippen LogP contribution in [0.4, 0.5) is 5.95 Å². The molecule has 1 aromatic rings. The second-order valence-electron chi connectivity index (χ2n) is 4.60. The molecule has 17 heavy (non-hydrogen) atoms. The molecule has 1 unspecified atom stereocenters. The van der Waals surface area contributed by atoms with Gasteiger partial charge in [-0.25, -0.2) is 14.8 Å². The fourth-order valence-corrected chi connectivity index (χ4v) is 1.25. The Kier molecular flexibility index (Phi) is 4.43. The van der Waals surface area contributed by atoms with E-state index in [0.717, 1.165) is 6.54 Å². The van der Waals surface area contributed by atoms with Crippen LogP contribution in [0, 0.1) is 18.8 Å². The number of aromatic carboxylic acids is 1. The van der Waals surface area contributed by atoms with E-state index in [4.69, 9.17) is 5.11 Å². The Morgan fingerprint density at radius 3 is 2.59 bits per heavy atom. The van der Waals surface area contributed by atoms with E-state index in [2.05, 4.69) is 36.1 Å². The van der Waals surface area contributed by atoms with E-state index in [1.165, 1.54) is 6.20 Å². The number of carbonyl (C=O) groups is 1. The number of anilines is 1. The fraction of sp³-hybridized carbons (Fsp3) is 0.583. The van der Waals surface area contributed by atoms with E-state index in [9.17, 15) is 4.79 Å². The Hall–Kier alpha value is -1.65. The maximum atomic E-state index is 10.8. The molecule has 5 heteroatoms. The van der Waals surface area contributed by atoms with Crippen molar-refractivity contribution in [1.29, 1.82) is 0 Å². The van der Waals surface area contributed by atoms with E-state index < -0.39 is 5.97 Å². The highest BCUT2D eigenvalue weighted by Gasteiger charge is 2.11. The normalized spacial score (nSPS) is 12.5. The van der Waals surface area contributed by atoms with Gasteiger partial charge in [0, 0.05) is 12.7 Å². The van der Waals surface area contributed by atoms with Crippen LogP contribution in [0.25, 0.3) is 0 Å². The zero-order chi connectivity index (χ0) is 13.0. The second-order valence-corrected chi connectivity index (χ2v) is 4.60. The summed E-state index contributed by atoms with van der Waals surface area (Å²) in [5, 5.41) is 12.0. The van der Waals surface area contributed by atoms with Crippen LogP contribution >= 0.6 is 0 Å².